The molecule has 162 valence electrons. The minimum Gasteiger partial charge on any atom is -0.503 e. The van der Waals surface area contributed by atoms with Crippen LogP contribution < -0.4 is 4.74 Å². The average molecular weight is 428 g/mol. The molecule has 0 spiro atoms. The van der Waals surface area contributed by atoms with Crippen molar-refractivity contribution in [1.29, 1.82) is 0 Å². The molecule has 6 nitrogen and oxygen atoms in total. The lowest BCUT2D eigenvalue weighted by Crippen LogP contribution is -2.30. The summed E-state index contributed by atoms with van der Waals surface area (Å²) in [4.78, 5) is 31.8. The van der Waals surface area contributed by atoms with E-state index in [9.17, 15) is 14.7 Å². The Morgan fingerprint density at radius 3 is 2.34 bits per heavy atom. The standard InChI is InChI=1S/C26H24N2O4/c1-32-21-10-8-20(9-11-21)24-23(22(29)12-7-18-5-3-2-4-6-18)25(30)26(31)28(24)17-19-13-15-27-16-14-19/h2-6,8-11,13-16,24,30H,7,12,17H2,1H3. The average Bonchev–Trinajstić information content (AvgIpc) is 3.09. The molecule has 0 radical (unpaired) electrons. The van der Waals surface area contributed by atoms with Gasteiger partial charge in [-0.1, -0.05) is 42.5 Å². The highest BCUT2D eigenvalue weighted by Gasteiger charge is 2.43. The molecule has 4 rings (SSSR count). The number of ether oxygens (including phenoxy) is 1. The fraction of sp³-hybridized carbons (Fsp3) is 0.192. The van der Waals surface area contributed by atoms with Crippen LogP contribution in [0.4, 0.5) is 0 Å². The number of hydrogen-bond donors (Lipinski definition) is 1. The minimum absolute atomic E-state index is 0.144. The third-order valence-electron chi connectivity index (χ3n) is 5.62. The number of methoxy groups -OCH3 is 1. The van der Waals surface area contributed by atoms with Gasteiger partial charge in [-0.2, -0.15) is 0 Å². The molecule has 0 aliphatic carbocycles. The number of Topliss-reactive ketones (excluding diaryl/α,β-unsaturated/α-hetero) is 1. The van der Waals surface area contributed by atoms with E-state index >= 15 is 0 Å². The van der Waals surface area contributed by atoms with Gasteiger partial charge in [0.05, 0.1) is 18.7 Å². The lowest BCUT2D eigenvalue weighted by molar-refractivity contribution is -0.130. The summed E-state index contributed by atoms with van der Waals surface area (Å²) in [7, 11) is 1.58. The largest absolute Gasteiger partial charge is 0.503 e. The van der Waals surface area contributed by atoms with E-state index in [4.69, 9.17) is 4.74 Å². The number of benzene rings is 2. The van der Waals surface area contributed by atoms with Crippen LogP contribution in [0.1, 0.15) is 29.2 Å². The highest BCUT2D eigenvalue weighted by Crippen LogP contribution is 2.39. The molecule has 1 aromatic heterocycles. The van der Waals surface area contributed by atoms with Crippen LogP contribution >= 0.6 is 0 Å². The summed E-state index contributed by atoms with van der Waals surface area (Å²) >= 11 is 0. The fourth-order valence-electron chi connectivity index (χ4n) is 3.96. The van der Waals surface area contributed by atoms with Crippen LogP contribution in [-0.4, -0.2) is 33.8 Å². The van der Waals surface area contributed by atoms with Crippen LogP contribution in [0.15, 0.2) is 90.5 Å². The number of hydrogen-bond acceptors (Lipinski definition) is 5. The number of aliphatic hydroxyl groups is 1. The molecule has 2 heterocycles. The van der Waals surface area contributed by atoms with E-state index < -0.39 is 17.7 Å². The topological polar surface area (TPSA) is 79.7 Å². The Hall–Kier alpha value is -3.93. The van der Waals surface area contributed by atoms with E-state index in [1.165, 1.54) is 4.90 Å². The third-order valence-corrected chi connectivity index (χ3v) is 5.62. The first-order valence-electron chi connectivity index (χ1n) is 10.4. The number of rotatable bonds is 8. The summed E-state index contributed by atoms with van der Waals surface area (Å²) in [6.45, 7) is 0.248. The maximum Gasteiger partial charge on any atom is 0.290 e. The second kappa shape index (κ2) is 9.47. The van der Waals surface area contributed by atoms with Gasteiger partial charge in [0.25, 0.3) is 5.91 Å². The molecular weight excluding hydrogens is 404 g/mol. The van der Waals surface area contributed by atoms with Crippen molar-refractivity contribution >= 4 is 11.7 Å². The van der Waals surface area contributed by atoms with Crippen molar-refractivity contribution < 1.29 is 19.4 Å². The van der Waals surface area contributed by atoms with Crippen molar-refractivity contribution in [2.75, 3.05) is 7.11 Å². The Morgan fingerprint density at radius 1 is 1.00 bits per heavy atom. The summed E-state index contributed by atoms with van der Waals surface area (Å²) in [5, 5.41) is 10.7. The number of aryl methyl sites for hydroxylation is 1. The number of amides is 1. The quantitative estimate of drug-likeness (QED) is 0.582. The van der Waals surface area contributed by atoms with Gasteiger partial charge in [-0.25, -0.2) is 0 Å². The summed E-state index contributed by atoms with van der Waals surface area (Å²) in [6.07, 6.45) is 4.03. The van der Waals surface area contributed by atoms with Gasteiger partial charge in [0.15, 0.2) is 11.5 Å². The minimum atomic E-state index is -0.676. The summed E-state index contributed by atoms with van der Waals surface area (Å²) < 4.78 is 5.24. The van der Waals surface area contributed by atoms with Crippen LogP contribution in [0.25, 0.3) is 0 Å². The lowest BCUT2D eigenvalue weighted by Gasteiger charge is -2.27. The van der Waals surface area contributed by atoms with E-state index in [1.807, 2.05) is 54.6 Å². The predicted molar refractivity (Wildman–Crippen MR) is 120 cm³/mol. The third kappa shape index (κ3) is 4.39. The van der Waals surface area contributed by atoms with Crippen LogP contribution in [0, 0.1) is 0 Å². The molecule has 0 bridgehead atoms. The Balaban J connectivity index is 1.66. The van der Waals surface area contributed by atoms with Crippen molar-refractivity contribution in [2.24, 2.45) is 0 Å². The Morgan fingerprint density at radius 2 is 1.69 bits per heavy atom. The van der Waals surface area contributed by atoms with Gasteiger partial charge in [-0.05, 0) is 47.4 Å². The van der Waals surface area contributed by atoms with Crippen molar-refractivity contribution in [3.8, 4) is 5.75 Å². The highest BCUT2D eigenvalue weighted by atomic mass is 16.5. The molecular formula is C26H24N2O4. The number of aliphatic hydroxyl groups excluding tert-OH is 1. The number of aromatic nitrogens is 1. The van der Waals surface area contributed by atoms with Gasteiger partial charge in [0.1, 0.15) is 5.75 Å². The highest BCUT2D eigenvalue weighted by molar-refractivity contribution is 6.09. The van der Waals surface area contributed by atoms with Gasteiger partial charge < -0.3 is 14.7 Å². The van der Waals surface area contributed by atoms with Gasteiger partial charge >= 0.3 is 0 Å². The lowest BCUT2D eigenvalue weighted by atomic mass is 9.93. The van der Waals surface area contributed by atoms with E-state index in [2.05, 4.69) is 4.98 Å². The molecule has 3 aromatic rings. The molecule has 6 heteroatoms. The predicted octanol–water partition coefficient (Wildman–Crippen LogP) is 4.19. The Kier molecular flexibility index (Phi) is 6.31. The van der Waals surface area contributed by atoms with Gasteiger partial charge in [-0.15, -0.1) is 0 Å². The SMILES string of the molecule is COc1ccc(C2C(C(=O)CCc3ccccc3)=C(O)C(=O)N2Cc2ccncc2)cc1. The molecule has 0 fully saturated rings. The fourth-order valence-corrected chi connectivity index (χ4v) is 3.96. The molecule has 1 aliphatic rings. The number of ketones is 1. The number of carbonyl (C=O) groups excluding carboxylic acids is 2. The van der Waals surface area contributed by atoms with E-state index in [-0.39, 0.29) is 24.3 Å². The maximum atomic E-state index is 13.2. The molecule has 1 aliphatic heterocycles. The maximum absolute atomic E-state index is 13.2. The molecule has 1 amide bonds. The monoisotopic (exact) mass is 428 g/mol. The zero-order valence-corrected chi connectivity index (χ0v) is 17.8. The van der Waals surface area contributed by atoms with Crippen LogP contribution in [-0.2, 0) is 22.6 Å². The van der Waals surface area contributed by atoms with E-state index in [0.29, 0.717) is 12.2 Å². The normalized spacial score (nSPS) is 15.8. The first-order chi connectivity index (χ1) is 15.6. The van der Waals surface area contributed by atoms with E-state index in [1.54, 1.807) is 31.6 Å². The first-order valence-corrected chi connectivity index (χ1v) is 10.4. The molecule has 32 heavy (non-hydrogen) atoms. The first kappa shape index (κ1) is 21.3. The molecule has 2 aromatic carbocycles. The molecule has 0 saturated carbocycles. The second-order valence-corrected chi connectivity index (χ2v) is 7.64. The summed E-state index contributed by atoms with van der Waals surface area (Å²) in [6, 6.07) is 19.8. The van der Waals surface area contributed by atoms with Crippen LogP contribution in [0.5, 0.6) is 5.75 Å². The Labute approximate surface area is 186 Å². The van der Waals surface area contributed by atoms with E-state index in [0.717, 1.165) is 16.7 Å². The second-order valence-electron chi connectivity index (χ2n) is 7.64. The molecule has 1 atom stereocenters. The van der Waals surface area contributed by atoms with Crippen molar-refractivity contribution in [3.05, 3.63) is 107 Å². The summed E-state index contributed by atoms with van der Waals surface area (Å²) in [5.41, 5.74) is 2.77. The molecule has 1 unspecified atom stereocenters. The van der Waals surface area contributed by atoms with Gasteiger partial charge in [-0.3, -0.25) is 14.6 Å². The number of nitrogens with zero attached hydrogens (tertiary/aromatic N) is 2. The van der Waals surface area contributed by atoms with Gasteiger partial charge in [0, 0.05) is 25.4 Å². The van der Waals surface area contributed by atoms with Crippen molar-refractivity contribution in [1.82, 2.24) is 9.88 Å². The molecule has 1 N–H and O–H groups in total. The zero-order chi connectivity index (χ0) is 22.5. The van der Waals surface area contributed by atoms with Crippen LogP contribution in [0.3, 0.4) is 0 Å². The smallest absolute Gasteiger partial charge is 0.290 e. The van der Waals surface area contributed by atoms with Crippen molar-refractivity contribution in [3.63, 3.8) is 0 Å². The number of pyridine rings is 1. The van der Waals surface area contributed by atoms with Crippen molar-refractivity contribution in [2.45, 2.75) is 25.4 Å². The van der Waals surface area contributed by atoms with Gasteiger partial charge in [0.2, 0.25) is 0 Å². The number of carbonyl (C=O) groups is 2. The Bertz CT molecular complexity index is 1130. The summed E-state index contributed by atoms with van der Waals surface area (Å²) in [5.74, 6) is -0.592. The zero-order valence-electron chi connectivity index (χ0n) is 17.8. The van der Waals surface area contributed by atoms with Crippen LogP contribution in [0.2, 0.25) is 0 Å². The molecule has 0 saturated heterocycles.